The normalized spacial score (nSPS) is 19.9. The third-order valence-corrected chi connectivity index (χ3v) is 5.20. The molecule has 4 N–H and O–H groups in total. The molecular formula is C13H21N3O3S. The second-order valence-corrected chi connectivity index (χ2v) is 6.77. The highest BCUT2D eigenvalue weighted by Crippen LogP contribution is 2.24. The fourth-order valence-corrected chi connectivity index (χ4v) is 4.28. The Morgan fingerprint density at radius 2 is 1.95 bits per heavy atom. The third kappa shape index (κ3) is 3.29. The number of nitrogen functional groups attached to an aromatic ring is 1. The van der Waals surface area contributed by atoms with Crippen LogP contribution in [-0.2, 0) is 14.8 Å². The van der Waals surface area contributed by atoms with Crippen LogP contribution in [-0.4, -0.2) is 27.7 Å². The summed E-state index contributed by atoms with van der Waals surface area (Å²) >= 11 is 0. The lowest BCUT2D eigenvalue weighted by molar-refractivity contribution is 0.0774. The topological polar surface area (TPSA) is 93.5 Å². The highest BCUT2D eigenvalue weighted by molar-refractivity contribution is 7.89. The van der Waals surface area contributed by atoms with E-state index >= 15 is 0 Å². The van der Waals surface area contributed by atoms with Gasteiger partial charge in [-0.05, 0) is 49.9 Å². The van der Waals surface area contributed by atoms with Crippen LogP contribution in [0.2, 0.25) is 0 Å². The number of hydrogen-bond donors (Lipinski definition) is 3. The number of hydrogen-bond acceptors (Lipinski definition) is 5. The molecule has 112 valence electrons. The zero-order chi connectivity index (χ0) is 14.8. The third-order valence-electron chi connectivity index (χ3n) is 3.38. The summed E-state index contributed by atoms with van der Waals surface area (Å²) in [6.07, 6.45) is 1.68. The fourth-order valence-electron chi connectivity index (χ4n) is 2.57. The molecule has 0 aromatic heterocycles. The second-order valence-electron chi connectivity index (χ2n) is 5.12. The Bertz CT molecular complexity index is 558. The highest BCUT2D eigenvalue weighted by atomic mass is 32.2. The van der Waals surface area contributed by atoms with Crippen molar-refractivity contribution in [1.82, 2.24) is 4.72 Å². The predicted molar refractivity (Wildman–Crippen MR) is 77.9 cm³/mol. The van der Waals surface area contributed by atoms with Crippen LogP contribution in [0.1, 0.15) is 24.0 Å². The molecule has 20 heavy (non-hydrogen) atoms. The van der Waals surface area contributed by atoms with Gasteiger partial charge in [0, 0.05) is 18.3 Å². The van der Waals surface area contributed by atoms with Crippen LogP contribution in [0.15, 0.2) is 17.0 Å². The van der Waals surface area contributed by atoms with Gasteiger partial charge in [0.2, 0.25) is 10.0 Å². The van der Waals surface area contributed by atoms with Crippen molar-refractivity contribution in [1.29, 1.82) is 0 Å². The molecule has 0 radical (unpaired) electrons. The molecule has 1 fully saturated rings. The summed E-state index contributed by atoms with van der Waals surface area (Å²) in [5.41, 5.74) is 4.57. The lowest BCUT2D eigenvalue weighted by Crippen LogP contribution is -2.41. The Morgan fingerprint density at radius 3 is 2.45 bits per heavy atom. The summed E-state index contributed by atoms with van der Waals surface area (Å²) < 4.78 is 33.1. The number of sulfonamides is 1. The van der Waals surface area contributed by atoms with Crippen LogP contribution in [0.5, 0.6) is 0 Å². The van der Waals surface area contributed by atoms with Crippen LogP contribution >= 0.6 is 0 Å². The molecule has 1 aromatic rings. The van der Waals surface area contributed by atoms with Crippen molar-refractivity contribution in [2.75, 3.05) is 18.6 Å². The maximum absolute atomic E-state index is 12.5. The van der Waals surface area contributed by atoms with Gasteiger partial charge in [0.25, 0.3) is 0 Å². The van der Waals surface area contributed by atoms with Crippen LogP contribution in [0, 0.1) is 13.8 Å². The van der Waals surface area contributed by atoms with Gasteiger partial charge in [-0.25, -0.2) is 13.1 Å². The number of hydrazine groups is 1. The van der Waals surface area contributed by atoms with E-state index in [9.17, 15) is 8.42 Å². The number of nitrogens with two attached hydrogens (primary N) is 1. The first kappa shape index (κ1) is 15.2. The van der Waals surface area contributed by atoms with Crippen molar-refractivity contribution in [3.63, 3.8) is 0 Å². The van der Waals surface area contributed by atoms with Gasteiger partial charge in [0.05, 0.1) is 11.5 Å². The molecule has 1 aliphatic rings. The number of aryl methyl sites for hydroxylation is 2. The summed E-state index contributed by atoms with van der Waals surface area (Å²) in [5, 5.41) is 0. The Hall–Kier alpha value is -1.15. The van der Waals surface area contributed by atoms with Crippen LogP contribution in [0.3, 0.4) is 0 Å². The monoisotopic (exact) mass is 299 g/mol. The summed E-state index contributed by atoms with van der Waals surface area (Å²) in [4.78, 5) is 0.321. The largest absolute Gasteiger partial charge is 0.380 e. The zero-order valence-corrected chi connectivity index (χ0v) is 12.6. The molecule has 1 saturated heterocycles. The van der Waals surface area contributed by atoms with E-state index in [0.717, 1.165) is 12.8 Å². The first-order chi connectivity index (χ1) is 9.44. The van der Waals surface area contributed by atoms with E-state index in [1.54, 1.807) is 26.0 Å². The van der Waals surface area contributed by atoms with E-state index in [-0.39, 0.29) is 6.04 Å². The SMILES string of the molecule is Cc1cc(NN)cc(C)c1S(=O)(=O)NC1CCCOC1. The lowest BCUT2D eigenvalue weighted by atomic mass is 10.1. The maximum atomic E-state index is 12.5. The predicted octanol–water partition coefficient (Wildman–Crippen LogP) is 1.05. The highest BCUT2D eigenvalue weighted by Gasteiger charge is 2.25. The van der Waals surface area contributed by atoms with Crippen LogP contribution in [0.4, 0.5) is 5.69 Å². The minimum atomic E-state index is -3.54. The van der Waals surface area contributed by atoms with Crippen molar-refractivity contribution >= 4 is 15.7 Å². The molecule has 0 aliphatic carbocycles. The van der Waals surface area contributed by atoms with Crippen molar-refractivity contribution in [3.8, 4) is 0 Å². The molecule has 0 spiro atoms. The molecular weight excluding hydrogens is 278 g/mol. The molecule has 1 heterocycles. The first-order valence-electron chi connectivity index (χ1n) is 6.62. The maximum Gasteiger partial charge on any atom is 0.241 e. The summed E-state index contributed by atoms with van der Waals surface area (Å²) in [6.45, 7) is 4.66. The molecule has 1 atom stereocenters. The number of rotatable bonds is 4. The van der Waals surface area contributed by atoms with Crippen LogP contribution < -0.4 is 16.0 Å². The summed E-state index contributed by atoms with van der Waals surface area (Å²) in [6, 6.07) is 3.29. The van der Waals surface area contributed by atoms with E-state index in [4.69, 9.17) is 10.6 Å². The lowest BCUT2D eigenvalue weighted by Gasteiger charge is -2.24. The van der Waals surface area contributed by atoms with E-state index in [1.165, 1.54) is 0 Å². The van der Waals surface area contributed by atoms with Gasteiger partial charge in [0.1, 0.15) is 0 Å². The van der Waals surface area contributed by atoms with E-state index in [2.05, 4.69) is 10.1 Å². The summed E-state index contributed by atoms with van der Waals surface area (Å²) in [7, 11) is -3.54. The van der Waals surface area contributed by atoms with E-state index in [0.29, 0.717) is 34.9 Å². The zero-order valence-electron chi connectivity index (χ0n) is 11.8. The molecule has 0 amide bonds. The van der Waals surface area contributed by atoms with Gasteiger partial charge in [-0.1, -0.05) is 0 Å². The molecule has 1 aromatic carbocycles. The Labute approximate surface area is 119 Å². The number of benzene rings is 1. The molecule has 0 saturated carbocycles. The van der Waals surface area contributed by atoms with Gasteiger partial charge in [-0.3, -0.25) is 5.84 Å². The van der Waals surface area contributed by atoms with Crippen molar-refractivity contribution in [2.24, 2.45) is 5.84 Å². The average Bonchev–Trinajstić information content (AvgIpc) is 2.37. The average molecular weight is 299 g/mol. The van der Waals surface area contributed by atoms with Gasteiger partial charge in [-0.15, -0.1) is 0 Å². The quantitative estimate of drug-likeness (QED) is 0.571. The Morgan fingerprint density at radius 1 is 1.30 bits per heavy atom. The van der Waals surface area contributed by atoms with Crippen LogP contribution in [0.25, 0.3) is 0 Å². The molecule has 7 heteroatoms. The van der Waals surface area contributed by atoms with Gasteiger partial charge < -0.3 is 10.2 Å². The van der Waals surface area contributed by atoms with Gasteiger partial charge in [0.15, 0.2) is 0 Å². The minimum Gasteiger partial charge on any atom is -0.380 e. The number of nitrogens with one attached hydrogen (secondary N) is 2. The Kier molecular flexibility index (Phi) is 4.64. The second kappa shape index (κ2) is 6.09. The van der Waals surface area contributed by atoms with Gasteiger partial charge >= 0.3 is 0 Å². The first-order valence-corrected chi connectivity index (χ1v) is 8.10. The number of anilines is 1. The molecule has 1 aliphatic heterocycles. The van der Waals surface area contributed by atoms with Crippen molar-refractivity contribution in [3.05, 3.63) is 23.3 Å². The molecule has 2 rings (SSSR count). The minimum absolute atomic E-state index is 0.153. The smallest absolute Gasteiger partial charge is 0.241 e. The van der Waals surface area contributed by atoms with E-state index < -0.39 is 10.0 Å². The fraction of sp³-hybridized carbons (Fsp3) is 0.538. The molecule has 0 bridgehead atoms. The Balaban J connectivity index is 2.29. The summed E-state index contributed by atoms with van der Waals surface area (Å²) in [5.74, 6) is 5.36. The van der Waals surface area contributed by atoms with E-state index in [1.807, 2.05) is 0 Å². The van der Waals surface area contributed by atoms with Gasteiger partial charge in [-0.2, -0.15) is 0 Å². The number of ether oxygens (including phenoxy) is 1. The standard InChI is InChI=1S/C13H21N3O3S/c1-9-6-12(15-14)7-10(2)13(9)20(17,18)16-11-4-3-5-19-8-11/h6-7,11,15-16H,3-5,8,14H2,1-2H3. The van der Waals surface area contributed by atoms with Crippen molar-refractivity contribution in [2.45, 2.75) is 37.6 Å². The molecule has 6 nitrogen and oxygen atoms in total. The molecule has 1 unspecified atom stereocenters. The van der Waals surface area contributed by atoms with Crippen molar-refractivity contribution < 1.29 is 13.2 Å².